The lowest BCUT2D eigenvalue weighted by Gasteiger charge is -2.29. The van der Waals surface area contributed by atoms with Crippen LogP contribution in [-0.4, -0.2) is 65.5 Å². The Morgan fingerprint density at radius 3 is 2.42 bits per heavy atom. The van der Waals surface area contributed by atoms with Gasteiger partial charge in [0.1, 0.15) is 6.04 Å². The van der Waals surface area contributed by atoms with E-state index in [0.29, 0.717) is 5.92 Å². The molecule has 1 aliphatic rings. The molecule has 148 valence electrons. The van der Waals surface area contributed by atoms with Crippen molar-refractivity contribution < 1.29 is 24.3 Å². The second-order valence-corrected chi connectivity index (χ2v) is 6.86. The van der Waals surface area contributed by atoms with E-state index in [2.05, 4.69) is 22.9 Å². The third kappa shape index (κ3) is 7.81. The zero-order valence-corrected chi connectivity index (χ0v) is 15.7. The van der Waals surface area contributed by atoms with Crippen LogP contribution in [0.5, 0.6) is 0 Å². The standard InChI is InChI=1S/C17H30N4O5/c1-11-6-4-5-7-14(11)19-17(26)20-15(23)10-21(12(2)16(24)25)9-8-18-13(3)22/h11-12,14H,4-10H2,1-3H3,(H,18,22)(H,24,25)(H2,19,20,23,26). The number of nitrogens with zero attached hydrogens (tertiary/aromatic N) is 1. The monoisotopic (exact) mass is 370 g/mol. The largest absolute Gasteiger partial charge is 0.480 e. The number of urea groups is 1. The summed E-state index contributed by atoms with van der Waals surface area (Å²) in [6, 6.07) is -1.43. The number of aliphatic carboxylic acids is 1. The van der Waals surface area contributed by atoms with Crippen LogP contribution in [0.1, 0.15) is 46.5 Å². The lowest BCUT2D eigenvalue weighted by molar-refractivity contribution is -0.143. The second-order valence-electron chi connectivity index (χ2n) is 6.86. The van der Waals surface area contributed by atoms with Gasteiger partial charge in [-0.2, -0.15) is 0 Å². The van der Waals surface area contributed by atoms with Gasteiger partial charge in [-0.15, -0.1) is 0 Å². The first-order chi connectivity index (χ1) is 12.2. The molecule has 3 unspecified atom stereocenters. The molecule has 0 aromatic heterocycles. The summed E-state index contributed by atoms with van der Waals surface area (Å²) in [4.78, 5) is 47.7. The molecule has 9 nitrogen and oxygen atoms in total. The van der Waals surface area contributed by atoms with Gasteiger partial charge in [0.2, 0.25) is 11.8 Å². The molecule has 0 aromatic rings. The van der Waals surface area contributed by atoms with Crippen LogP contribution in [0.3, 0.4) is 0 Å². The van der Waals surface area contributed by atoms with Crippen molar-refractivity contribution >= 4 is 23.8 Å². The van der Waals surface area contributed by atoms with Gasteiger partial charge >= 0.3 is 12.0 Å². The minimum absolute atomic E-state index is 0.0466. The summed E-state index contributed by atoms with van der Waals surface area (Å²) < 4.78 is 0. The molecule has 3 atom stereocenters. The molecule has 1 saturated carbocycles. The number of carbonyl (C=O) groups excluding carboxylic acids is 3. The Morgan fingerprint density at radius 1 is 1.19 bits per heavy atom. The molecule has 0 bridgehead atoms. The van der Waals surface area contributed by atoms with Gasteiger partial charge in [0.25, 0.3) is 0 Å². The van der Waals surface area contributed by atoms with Crippen LogP contribution in [0.4, 0.5) is 4.79 Å². The van der Waals surface area contributed by atoms with Gasteiger partial charge in [0.05, 0.1) is 6.54 Å². The van der Waals surface area contributed by atoms with Crippen LogP contribution >= 0.6 is 0 Å². The van der Waals surface area contributed by atoms with E-state index in [1.807, 2.05) is 0 Å². The first kappa shape index (κ1) is 21.9. The molecule has 0 heterocycles. The Kier molecular flexibility index (Phi) is 9.04. The van der Waals surface area contributed by atoms with E-state index in [4.69, 9.17) is 5.11 Å². The fourth-order valence-corrected chi connectivity index (χ4v) is 3.03. The molecule has 0 radical (unpaired) electrons. The minimum Gasteiger partial charge on any atom is -0.480 e. The molecule has 0 aliphatic heterocycles. The molecular weight excluding hydrogens is 340 g/mol. The predicted molar refractivity (Wildman–Crippen MR) is 95.4 cm³/mol. The normalized spacial score (nSPS) is 20.9. The molecule has 4 N–H and O–H groups in total. The fraction of sp³-hybridized carbons (Fsp3) is 0.765. The Hall–Kier alpha value is -2.16. The van der Waals surface area contributed by atoms with Crippen molar-refractivity contribution in [2.75, 3.05) is 19.6 Å². The van der Waals surface area contributed by atoms with Gasteiger partial charge in [0, 0.05) is 26.1 Å². The quantitative estimate of drug-likeness (QED) is 0.487. The van der Waals surface area contributed by atoms with E-state index in [0.717, 1.165) is 25.7 Å². The average Bonchev–Trinajstić information content (AvgIpc) is 2.54. The summed E-state index contributed by atoms with van der Waals surface area (Å²) in [5, 5.41) is 16.8. The van der Waals surface area contributed by atoms with Gasteiger partial charge in [-0.25, -0.2) is 4.79 Å². The maximum Gasteiger partial charge on any atom is 0.321 e. The molecule has 0 spiro atoms. The first-order valence-electron chi connectivity index (χ1n) is 9.02. The number of imide groups is 1. The fourth-order valence-electron chi connectivity index (χ4n) is 3.03. The third-order valence-electron chi connectivity index (χ3n) is 4.71. The van der Waals surface area contributed by atoms with Crippen molar-refractivity contribution in [2.24, 2.45) is 5.92 Å². The first-order valence-corrected chi connectivity index (χ1v) is 9.02. The van der Waals surface area contributed by atoms with E-state index in [9.17, 15) is 19.2 Å². The lowest BCUT2D eigenvalue weighted by atomic mass is 9.86. The van der Waals surface area contributed by atoms with E-state index in [1.54, 1.807) is 0 Å². The molecule has 0 aromatic carbocycles. The topological polar surface area (TPSA) is 128 Å². The van der Waals surface area contributed by atoms with Crippen LogP contribution in [0, 0.1) is 5.92 Å². The number of nitrogens with one attached hydrogen (secondary N) is 3. The number of hydrogen-bond acceptors (Lipinski definition) is 5. The Bertz CT molecular complexity index is 525. The SMILES string of the molecule is CC(=O)NCCN(CC(=O)NC(=O)NC1CCCCC1C)C(C)C(=O)O. The van der Waals surface area contributed by atoms with Gasteiger partial charge in [0.15, 0.2) is 0 Å². The highest BCUT2D eigenvalue weighted by molar-refractivity contribution is 5.95. The number of carbonyl (C=O) groups is 4. The number of carboxylic acids is 1. The summed E-state index contributed by atoms with van der Waals surface area (Å²) in [7, 11) is 0. The summed E-state index contributed by atoms with van der Waals surface area (Å²) in [5.41, 5.74) is 0. The van der Waals surface area contributed by atoms with Crippen molar-refractivity contribution in [3.8, 4) is 0 Å². The van der Waals surface area contributed by atoms with Crippen LogP contribution in [0.25, 0.3) is 0 Å². The van der Waals surface area contributed by atoms with Crippen molar-refractivity contribution in [2.45, 2.75) is 58.5 Å². The number of amides is 4. The van der Waals surface area contributed by atoms with Gasteiger partial charge in [-0.1, -0.05) is 19.8 Å². The highest BCUT2D eigenvalue weighted by Crippen LogP contribution is 2.23. The lowest BCUT2D eigenvalue weighted by Crippen LogP contribution is -2.52. The summed E-state index contributed by atoms with van der Waals surface area (Å²) in [5.74, 6) is -1.54. The van der Waals surface area contributed by atoms with E-state index in [-0.39, 0.29) is 31.6 Å². The molecule has 0 saturated heterocycles. The smallest absolute Gasteiger partial charge is 0.321 e. The average molecular weight is 370 g/mol. The minimum atomic E-state index is -1.08. The van der Waals surface area contributed by atoms with Crippen molar-refractivity contribution in [1.29, 1.82) is 0 Å². The van der Waals surface area contributed by atoms with Gasteiger partial charge < -0.3 is 15.7 Å². The molecule has 1 rings (SSSR count). The third-order valence-corrected chi connectivity index (χ3v) is 4.71. The van der Waals surface area contributed by atoms with Crippen LogP contribution < -0.4 is 16.0 Å². The predicted octanol–water partition coefficient (Wildman–Crippen LogP) is 0.302. The van der Waals surface area contributed by atoms with Gasteiger partial charge in [-0.05, 0) is 25.7 Å². The van der Waals surface area contributed by atoms with Crippen LogP contribution in [-0.2, 0) is 14.4 Å². The zero-order valence-electron chi connectivity index (χ0n) is 15.7. The van der Waals surface area contributed by atoms with Crippen LogP contribution in [0.2, 0.25) is 0 Å². The van der Waals surface area contributed by atoms with Crippen molar-refractivity contribution in [1.82, 2.24) is 20.9 Å². The molecule has 9 heteroatoms. The Morgan fingerprint density at radius 2 is 1.85 bits per heavy atom. The van der Waals surface area contributed by atoms with E-state index >= 15 is 0 Å². The Balaban J connectivity index is 2.51. The Labute approximate surface area is 153 Å². The number of hydrogen-bond donors (Lipinski definition) is 4. The highest BCUT2D eigenvalue weighted by Gasteiger charge is 2.25. The van der Waals surface area contributed by atoms with Crippen LogP contribution in [0.15, 0.2) is 0 Å². The molecule has 1 fully saturated rings. The van der Waals surface area contributed by atoms with Gasteiger partial charge in [-0.3, -0.25) is 24.6 Å². The zero-order chi connectivity index (χ0) is 19.7. The molecule has 4 amide bonds. The van der Waals surface area contributed by atoms with Crippen molar-refractivity contribution in [3.63, 3.8) is 0 Å². The highest BCUT2D eigenvalue weighted by atomic mass is 16.4. The molecule has 26 heavy (non-hydrogen) atoms. The molecule has 1 aliphatic carbocycles. The second kappa shape index (κ2) is 10.7. The molecular formula is C17H30N4O5. The maximum absolute atomic E-state index is 12.1. The summed E-state index contributed by atoms with van der Waals surface area (Å²) in [6.07, 6.45) is 4.14. The number of rotatable bonds is 8. The van der Waals surface area contributed by atoms with E-state index < -0.39 is 23.9 Å². The van der Waals surface area contributed by atoms with E-state index in [1.165, 1.54) is 18.7 Å². The van der Waals surface area contributed by atoms with Crippen molar-refractivity contribution in [3.05, 3.63) is 0 Å². The number of carboxylic acid groups (broad SMARTS) is 1. The maximum atomic E-state index is 12.1. The summed E-state index contributed by atoms with van der Waals surface area (Å²) in [6.45, 7) is 5.03. The summed E-state index contributed by atoms with van der Waals surface area (Å²) >= 11 is 0.